The number of aryl methyl sites for hydroxylation is 3. The second-order valence-corrected chi connectivity index (χ2v) is 14.9. The fraction of sp³-hybridized carbons (Fsp3) is 0.204. The number of furan rings is 1. The first-order valence-corrected chi connectivity index (χ1v) is 18.4. The molecule has 0 amide bonds. The Bertz CT molecular complexity index is 2500. The molecular formula is C49H45IrN3O-2. The Labute approximate surface area is 333 Å². The molecule has 4 nitrogen and oxygen atoms in total. The normalized spacial score (nSPS) is 11.3. The molecule has 273 valence electrons. The number of rotatable bonds is 7. The van der Waals surface area contributed by atoms with Gasteiger partial charge in [-0.3, -0.25) is 0 Å². The quantitative estimate of drug-likeness (QED) is 0.150. The van der Waals surface area contributed by atoms with Crippen molar-refractivity contribution in [1.82, 2.24) is 15.0 Å². The Morgan fingerprint density at radius 3 is 2.11 bits per heavy atom. The number of nitrogens with zero attached hydrogens (tertiary/aromatic N) is 3. The summed E-state index contributed by atoms with van der Waals surface area (Å²) < 4.78 is 6.16. The van der Waals surface area contributed by atoms with Gasteiger partial charge in [0.1, 0.15) is 11.3 Å². The molecule has 4 aromatic carbocycles. The maximum absolute atomic E-state index is 6.16. The number of hydrogen-bond donors (Lipinski definition) is 0. The number of hydrogen-bond acceptors (Lipinski definition) is 4. The smallest absolute Gasteiger partial charge is 0.142 e. The van der Waals surface area contributed by atoms with Crippen molar-refractivity contribution in [2.75, 3.05) is 0 Å². The van der Waals surface area contributed by atoms with Gasteiger partial charge in [-0.2, -0.15) is 0 Å². The van der Waals surface area contributed by atoms with Crippen LogP contribution in [0, 0.1) is 39.0 Å². The summed E-state index contributed by atoms with van der Waals surface area (Å²) in [5, 5.41) is 2.08. The van der Waals surface area contributed by atoms with Gasteiger partial charge in [-0.15, -0.1) is 46.5 Å². The first kappa shape index (κ1) is 38.5. The molecule has 8 rings (SSSR count). The number of para-hydroxylation sites is 1. The zero-order valence-electron chi connectivity index (χ0n) is 32.0. The van der Waals surface area contributed by atoms with Crippen LogP contribution in [-0.2, 0) is 31.9 Å². The van der Waals surface area contributed by atoms with Gasteiger partial charge in [0.05, 0.1) is 0 Å². The molecule has 4 aromatic heterocycles. The molecule has 4 heterocycles. The second kappa shape index (κ2) is 16.4. The van der Waals surface area contributed by atoms with Crippen molar-refractivity contribution < 1.29 is 24.5 Å². The number of benzene rings is 4. The van der Waals surface area contributed by atoms with Crippen LogP contribution in [0.1, 0.15) is 61.1 Å². The molecule has 1 radical (unpaired) electrons. The van der Waals surface area contributed by atoms with E-state index >= 15 is 0 Å². The van der Waals surface area contributed by atoms with Gasteiger partial charge in [-0.05, 0) is 88.5 Å². The van der Waals surface area contributed by atoms with Crippen molar-refractivity contribution in [1.29, 1.82) is 0 Å². The van der Waals surface area contributed by atoms with Crippen LogP contribution >= 0.6 is 0 Å². The van der Waals surface area contributed by atoms with Gasteiger partial charge in [0.25, 0.3) is 0 Å². The molecule has 0 saturated heterocycles. The molecule has 0 N–H and O–H groups in total. The summed E-state index contributed by atoms with van der Waals surface area (Å²) in [6.45, 7) is 15.3. The number of aromatic nitrogens is 3. The van der Waals surface area contributed by atoms with E-state index in [1.165, 1.54) is 27.8 Å². The van der Waals surface area contributed by atoms with Gasteiger partial charge in [0.15, 0.2) is 0 Å². The maximum atomic E-state index is 6.16. The fourth-order valence-corrected chi connectivity index (χ4v) is 7.09. The molecule has 0 aliphatic heterocycles. The number of pyridine rings is 3. The molecule has 0 spiro atoms. The van der Waals surface area contributed by atoms with Crippen molar-refractivity contribution in [2.45, 2.75) is 60.3 Å². The average Bonchev–Trinajstić information content (AvgIpc) is 3.55. The SMILES string of the molecule is Cc1c[c-]c(-c2cc(C)c(CC(C)C)cn2)cc1.Cc1cnc(-c2[c-]nc3oc4ccccc4c3c2C(C)(C)c2ccccc2)cc1-c1ccccc1.[Ir]. The molecule has 0 aliphatic carbocycles. The monoisotopic (exact) mass is 884 g/mol. The van der Waals surface area contributed by atoms with E-state index in [4.69, 9.17) is 9.40 Å². The molecule has 0 aliphatic rings. The fourth-order valence-electron chi connectivity index (χ4n) is 7.09. The van der Waals surface area contributed by atoms with Crippen LogP contribution < -0.4 is 0 Å². The summed E-state index contributed by atoms with van der Waals surface area (Å²) in [6, 6.07) is 43.0. The Kier molecular flexibility index (Phi) is 11.7. The first-order valence-electron chi connectivity index (χ1n) is 18.4. The molecule has 8 aromatic rings. The van der Waals surface area contributed by atoms with Gasteiger partial charge in [0, 0.05) is 37.9 Å². The second-order valence-electron chi connectivity index (χ2n) is 14.9. The van der Waals surface area contributed by atoms with Crippen molar-refractivity contribution in [3.05, 3.63) is 173 Å². The molecule has 0 saturated carbocycles. The Balaban J connectivity index is 0.000000222. The van der Waals surface area contributed by atoms with Crippen LogP contribution in [0.4, 0.5) is 0 Å². The van der Waals surface area contributed by atoms with Gasteiger partial charge in [-0.1, -0.05) is 131 Å². The van der Waals surface area contributed by atoms with E-state index in [0.29, 0.717) is 11.6 Å². The third-order valence-corrected chi connectivity index (χ3v) is 10.0. The average molecular weight is 884 g/mol. The molecule has 0 bridgehead atoms. The zero-order valence-corrected chi connectivity index (χ0v) is 34.4. The molecular weight excluding hydrogens is 839 g/mol. The van der Waals surface area contributed by atoms with E-state index in [2.05, 4.69) is 156 Å². The van der Waals surface area contributed by atoms with E-state index in [-0.39, 0.29) is 25.5 Å². The predicted octanol–water partition coefficient (Wildman–Crippen LogP) is 12.5. The third-order valence-electron chi connectivity index (χ3n) is 10.0. The molecule has 54 heavy (non-hydrogen) atoms. The van der Waals surface area contributed by atoms with Crippen molar-refractivity contribution in [3.8, 4) is 33.6 Å². The van der Waals surface area contributed by atoms with Gasteiger partial charge in [0.2, 0.25) is 0 Å². The largest absolute Gasteiger partial charge is 0.483 e. The Morgan fingerprint density at radius 2 is 1.43 bits per heavy atom. The van der Waals surface area contributed by atoms with Crippen molar-refractivity contribution in [2.24, 2.45) is 5.92 Å². The van der Waals surface area contributed by atoms with Crippen LogP contribution in [0.3, 0.4) is 0 Å². The molecule has 0 unspecified atom stereocenters. The minimum Gasteiger partial charge on any atom is -0.483 e. The molecule has 0 fully saturated rings. The summed E-state index contributed by atoms with van der Waals surface area (Å²) in [5.41, 5.74) is 14.6. The van der Waals surface area contributed by atoms with Crippen LogP contribution in [0.15, 0.2) is 132 Å². The van der Waals surface area contributed by atoms with E-state index in [0.717, 1.165) is 62.0 Å². The maximum Gasteiger partial charge on any atom is 0.142 e. The summed E-state index contributed by atoms with van der Waals surface area (Å²) in [7, 11) is 0. The first-order chi connectivity index (χ1) is 25.6. The minimum absolute atomic E-state index is 0. The predicted molar refractivity (Wildman–Crippen MR) is 219 cm³/mol. The van der Waals surface area contributed by atoms with E-state index in [1.807, 2.05) is 42.7 Å². The number of fused-ring (bicyclic) bond motifs is 3. The van der Waals surface area contributed by atoms with Crippen LogP contribution in [0.5, 0.6) is 0 Å². The molecule has 5 heteroatoms. The Morgan fingerprint density at radius 1 is 0.741 bits per heavy atom. The standard InChI is InChI=1S/C32H25N2O.C17H20N.Ir/c1-21-19-33-27(18-25(21)22-12-6-4-7-13-22)26-20-34-31-29(24-16-10-11-17-28(24)35-31)30(26)32(2,3)23-14-8-5-9-15-23;1-12(2)9-16-11-18-17(10-14(16)4)15-7-5-13(3)6-8-15;/h4-19H,1-3H3;5-7,10-12H,9H2,1-4H3;/q2*-1;. The zero-order chi connectivity index (χ0) is 37.1. The summed E-state index contributed by atoms with van der Waals surface area (Å²) in [4.78, 5) is 14.1. The van der Waals surface area contributed by atoms with Crippen LogP contribution in [0.25, 0.3) is 55.7 Å². The summed E-state index contributed by atoms with van der Waals surface area (Å²) in [5.74, 6) is 0.669. The minimum atomic E-state index is -0.347. The van der Waals surface area contributed by atoms with Gasteiger partial charge >= 0.3 is 0 Å². The van der Waals surface area contributed by atoms with Crippen molar-refractivity contribution in [3.63, 3.8) is 0 Å². The third kappa shape index (κ3) is 7.99. The van der Waals surface area contributed by atoms with Gasteiger partial charge in [-0.25, -0.2) is 0 Å². The Hall–Kier alpha value is -5.22. The van der Waals surface area contributed by atoms with E-state index in [1.54, 1.807) is 0 Å². The van der Waals surface area contributed by atoms with E-state index < -0.39 is 0 Å². The van der Waals surface area contributed by atoms with Crippen LogP contribution in [0.2, 0.25) is 0 Å². The summed E-state index contributed by atoms with van der Waals surface area (Å²) in [6.07, 6.45) is 8.38. The summed E-state index contributed by atoms with van der Waals surface area (Å²) >= 11 is 0. The van der Waals surface area contributed by atoms with Crippen molar-refractivity contribution >= 4 is 22.1 Å². The van der Waals surface area contributed by atoms with Crippen LogP contribution in [-0.4, -0.2) is 15.0 Å². The molecule has 0 atom stereocenters. The van der Waals surface area contributed by atoms with Gasteiger partial charge < -0.3 is 19.4 Å². The van der Waals surface area contributed by atoms with E-state index in [9.17, 15) is 0 Å². The topological polar surface area (TPSA) is 51.8 Å².